The van der Waals surface area contributed by atoms with Crippen LogP contribution in [0.1, 0.15) is 15.9 Å². The zero-order chi connectivity index (χ0) is 17.1. The molecule has 6 heteroatoms. The summed E-state index contributed by atoms with van der Waals surface area (Å²) in [7, 11) is 1.77. The molecule has 2 N–H and O–H groups in total. The van der Waals surface area contributed by atoms with E-state index in [1.54, 1.807) is 30.1 Å². The van der Waals surface area contributed by atoms with Crippen molar-refractivity contribution in [1.82, 2.24) is 14.9 Å². The van der Waals surface area contributed by atoms with Crippen LogP contribution in [0.4, 0.5) is 0 Å². The predicted octanol–water partition coefficient (Wildman–Crippen LogP) is 2.90. The lowest BCUT2D eigenvalue weighted by Crippen LogP contribution is -2.28. The second-order valence-electron chi connectivity index (χ2n) is 5.63. The summed E-state index contributed by atoms with van der Waals surface area (Å²) in [6.45, 7) is 0.617. The number of rotatable bonds is 4. The van der Waals surface area contributed by atoms with Crippen LogP contribution in [0.2, 0.25) is 0 Å². The van der Waals surface area contributed by atoms with Gasteiger partial charge in [0.2, 0.25) is 0 Å². The van der Waals surface area contributed by atoms with E-state index in [0.717, 1.165) is 6.42 Å². The SMILES string of the molecule is CN(CCc1ccccc1)C(=O)c1ccc2c(=O)[nH]c(=S)[nH]c2c1. The molecule has 1 aromatic heterocycles. The fourth-order valence-corrected chi connectivity index (χ4v) is 2.77. The molecule has 122 valence electrons. The molecule has 2 aromatic carbocycles. The Morgan fingerprint density at radius 3 is 2.62 bits per heavy atom. The molecular formula is C18H17N3O2S. The second-order valence-corrected chi connectivity index (χ2v) is 6.04. The lowest BCUT2D eigenvalue weighted by Gasteiger charge is -2.17. The molecule has 0 spiro atoms. The van der Waals surface area contributed by atoms with Gasteiger partial charge in [-0.15, -0.1) is 0 Å². The first-order valence-electron chi connectivity index (χ1n) is 7.60. The van der Waals surface area contributed by atoms with Crippen molar-refractivity contribution in [2.75, 3.05) is 13.6 Å². The number of fused-ring (bicyclic) bond motifs is 1. The van der Waals surface area contributed by atoms with Crippen molar-refractivity contribution >= 4 is 29.0 Å². The van der Waals surface area contributed by atoms with Crippen molar-refractivity contribution in [2.24, 2.45) is 0 Å². The third kappa shape index (κ3) is 3.44. The first-order chi connectivity index (χ1) is 11.5. The van der Waals surface area contributed by atoms with Gasteiger partial charge in [0, 0.05) is 19.2 Å². The number of H-pyrrole nitrogens is 2. The molecule has 0 aliphatic rings. The van der Waals surface area contributed by atoms with Gasteiger partial charge in [0.25, 0.3) is 11.5 Å². The number of benzene rings is 2. The van der Waals surface area contributed by atoms with Gasteiger partial charge >= 0.3 is 0 Å². The molecule has 5 nitrogen and oxygen atoms in total. The van der Waals surface area contributed by atoms with Crippen LogP contribution in [0.25, 0.3) is 10.9 Å². The van der Waals surface area contributed by atoms with Crippen molar-refractivity contribution in [1.29, 1.82) is 0 Å². The summed E-state index contributed by atoms with van der Waals surface area (Å²) in [6.07, 6.45) is 0.790. The number of carbonyl (C=O) groups is 1. The Bertz CT molecular complexity index is 992. The number of amides is 1. The maximum atomic E-state index is 12.6. The van der Waals surface area contributed by atoms with Crippen LogP contribution < -0.4 is 5.56 Å². The standard InChI is InChI=1S/C18H17N3O2S/c1-21(10-9-12-5-3-2-4-6-12)17(23)13-7-8-14-15(11-13)19-18(24)20-16(14)22/h2-8,11H,9-10H2,1H3,(H2,19,20,22,24). The zero-order valence-corrected chi connectivity index (χ0v) is 14.0. The highest BCUT2D eigenvalue weighted by atomic mass is 32.1. The van der Waals surface area contributed by atoms with Gasteiger partial charge in [0.1, 0.15) is 0 Å². The third-order valence-electron chi connectivity index (χ3n) is 3.91. The lowest BCUT2D eigenvalue weighted by molar-refractivity contribution is 0.0797. The summed E-state index contributed by atoms with van der Waals surface area (Å²) in [5.74, 6) is -0.0903. The van der Waals surface area contributed by atoms with E-state index in [1.807, 2.05) is 30.3 Å². The molecule has 0 aliphatic carbocycles. The summed E-state index contributed by atoms with van der Waals surface area (Å²) in [5.41, 5.74) is 2.01. The maximum absolute atomic E-state index is 12.6. The topological polar surface area (TPSA) is 69.0 Å². The largest absolute Gasteiger partial charge is 0.341 e. The number of likely N-dealkylation sites (N-methyl/N-ethyl adjacent to an activating group) is 1. The molecule has 0 bridgehead atoms. The second kappa shape index (κ2) is 6.80. The number of hydrogen-bond acceptors (Lipinski definition) is 3. The van der Waals surface area contributed by atoms with E-state index in [1.165, 1.54) is 5.56 Å². The summed E-state index contributed by atoms with van der Waals surface area (Å²) in [4.78, 5) is 31.5. The van der Waals surface area contributed by atoms with Gasteiger partial charge in [-0.2, -0.15) is 0 Å². The molecule has 0 saturated carbocycles. The number of hydrogen-bond donors (Lipinski definition) is 2. The van der Waals surface area contributed by atoms with Crippen molar-refractivity contribution in [3.05, 3.63) is 74.8 Å². The van der Waals surface area contributed by atoms with E-state index in [-0.39, 0.29) is 16.2 Å². The molecule has 0 aliphatic heterocycles. The smallest absolute Gasteiger partial charge is 0.259 e. The van der Waals surface area contributed by atoms with E-state index in [0.29, 0.717) is 23.0 Å². The van der Waals surface area contributed by atoms with Crippen LogP contribution in [0.3, 0.4) is 0 Å². The Kier molecular flexibility index (Phi) is 4.57. The number of nitrogens with zero attached hydrogens (tertiary/aromatic N) is 1. The fourth-order valence-electron chi connectivity index (χ4n) is 2.57. The van der Waals surface area contributed by atoms with Gasteiger partial charge in [-0.05, 0) is 42.4 Å². The van der Waals surface area contributed by atoms with E-state index in [4.69, 9.17) is 12.2 Å². The fraction of sp³-hybridized carbons (Fsp3) is 0.167. The minimum absolute atomic E-state index is 0.0903. The summed E-state index contributed by atoms with van der Waals surface area (Å²) in [6, 6.07) is 15.0. The first kappa shape index (κ1) is 16.1. The number of aromatic amines is 2. The van der Waals surface area contributed by atoms with Crippen LogP contribution in [-0.4, -0.2) is 34.4 Å². The Labute approximate surface area is 144 Å². The average molecular weight is 339 g/mol. The molecule has 0 atom stereocenters. The Hall–Kier alpha value is -2.73. The van der Waals surface area contributed by atoms with Crippen LogP contribution in [0.15, 0.2) is 53.3 Å². The van der Waals surface area contributed by atoms with Crippen molar-refractivity contribution in [3.8, 4) is 0 Å². The van der Waals surface area contributed by atoms with Crippen molar-refractivity contribution < 1.29 is 4.79 Å². The van der Waals surface area contributed by atoms with Gasteiger partial charge < -0.3 is 9.88 Å². The Balaban J connectivity index is 1.80. The van der Waals surface area contributed by atoms with Gasteiger partial charge in [0.15, 0.2) is 4.77 Å². The van der Waals surface area contributed by atoms with Gasteiger partial charge in [-0.3, -0.25) is 14.6 Å². The highest BCUT2D eigenvalue weighted by Gasteiger charge is 2.13. The minimum Gasteiger partial charge on any atom is -0.341 e. The molecule has 0 unspecified atom stereocenters. The molecule has 0 fully saturated rings. The number of nitrogens with one attached hydrogen (secondary N) is 2. The summed E-state index contributed by atoms with van der Waals surface area (Å²) >= 11 is 4.98. The van der Waals surface area contributed by atoms with Crippen molar-refractivity contribution in [3.63, 3.8) is 0 Å². The van der Waals surface area contributed by atoms with Gasteiger partial charge in [0.05, 0.1) is 10.9 Å². The van der Waals surface area contributed by atoms with Gasteiger partial charge in [-0.1, -0.05) is 30.3 Å². The Morgan fingerprint density at radius 1 is 1.12 bits per heavy atom. The zero-order valence-electron chi connectivity index (χ0n) is 13.2. The average Bonchev–Trinajstić information content (AvgIpc) is 2.59. The quantitative estimate of drug-likeness (QED) is 0.718. The van der Waals surface area contributed by atoms with E-state index in [2.05, 4.69) is 9.97 Å². The highest BCUT2D eigenvalue weighted by Crippen LogP contribution is 2.12. The predicted molar refractivity (Wildman–Crippen MR) is 96.9 cm³/mol. The van der Waals surface area contributed by atoms with E-state index < -0.39 is 0 Å². The summed E-state index contributed by atoms with van der Waals surface area (Å²) in [5, 5.41) is 0.479. The van der Waals surface area contributed by atoms with E-state index in [9.17, 15) is 9.59 Å². The minimum atomic E-state index is -0.259. The molecule has 0 radical (unpaired) electrons. The Morgan fingerprint density at radius 2 is 1.88 bits per heavy atom. The highest BCUT2D eigenvalue weighted by molar-refractivity contribution is 7.71. The molecule has 24 heavy (non-hydrogen) atoms. The molecule has 1 heterocycles. The monoisotopic (exact) mass is 339 g/mol. The van der Waals surface area contributed by atoms with Crippen molar-refractivity contribution in [2.45, 2.75) is 6.42 Å². The van der Waals surface area contributed by atoms with Gasteiger partial charge in [-0.25, -0.2) is 0 Å². The lowest BCUT2D eigenvalue weighted by atomic mass is 10.1. The van der Waals surface area contributed by atoms with E-state index >= 15 is 0 Å². The van der Waals surface area contributed by atoms with Crippen LogP contribution >= 0.6 is 12.2 Å². The van der Waals surface area contributed by atoms with Crippen LogP contribution in [0.5, 0.6) is 0 Å². The summed E-state index contributed by atoms with van der Waals surface area (Å²) < 4.78 is 0.245. The molecule has 3 rings (SSSR count). The molecule has 0 saturated heterocycles. The number of aromatic nitrogens is 2. The third-order valence-corrected chi connectivity index (χ3v) is 4.12. The van der Waals surface area contributed by atoms with Crippen LogP contribution in [-0.2, 0) is 6.42 Å². The van der Waals surface area contributed by atoms with Crippen LogP contribution in [0, 0.1) is 4.77 Å². The molecular weight excluding hydrogens is 322 g/mol. The molecule has 1 amide bonds. The normalized spacial score (nSPS) is 10.7. The maximum Gasteiger partial charge on any atom is 0.259 e. The first-order valence-corrected chi connectivity index (χ1v) is 8.01. The number of carbonyl (C=O) groups excluding carboxylic acids is 1. The molecule has 3 aromatic rings.